The fourth-order valence-electron chi connectivity index (χ4n) is 3.35. The van der Waals surface area contributed by atoms with Crippen LogP contribution in [0.15, 0.2) is 64.6 Å². The Morgan fingerprint density at radius 2 is 1.86 bits per heavy atom. The number of benzene rings is 2. The van der Waals surface area contributed by atoms with Crippen molar-refractivity contribution >= 4 is 11.8 Å². The third-order valence-corrected chi connectivity index (χ3v) is 5.98. The normalized spacial score (nSPS) is 32.2. The summed E-state index contributed by atoms with van der Waals surface area (Å²) in [5, 5.41) is 3.69. The maximum atomic E-state index is 15.3. The Bertz CT molecular complexity index is 848. The van der Waals surface area contributed by atoms with Crippen molar-refractivity contribution in [3.63, 3.8) is 0 Å². The van der Waals surface area contributed by atoms with E-state index in [4.69, 9.17) is 19.7 Å². The number of rotatable bonds is 4. The fraction of sp³-hybridized carbons (Fsp3) is 0.400. The van der Waals surface area contributed by atoms with E-state index in [0.29, 0.717) is 0 Å². The van der Waals surface area contributed by atoms with Gasteiger partial charge in [0.15, 0.2) is 6.29 Å². The number of nitrogens with zero attached hydrogens (tertiary/aromatic N) is 3. The third-order valence-electron chi connectivity index (χ3n) is 4.82. The smallest absolute Gasteiger partial charge is 0.184 e. The Morgan fingerprint density at radius 1 is 1.11 bits per heavy atom. The van der Waals surface area contributed by atoms with Crippen molar-refractivity contribution < 1.29 is 18.6 Å². The minimum atomic E-state index is -1.49. The standard InChI is InChI=1S/C20H20FN3O3S/c1-12-7-9-14(10-8-12)28-20-17(23-24-22)16(21)18-15(26-20)11-25-19(27-18)13-5-3-2-4-6-13/h2-10,15-20H,11H2,1H3/t15-,16-,17-,18?,19?,20+/m1/s1. The molecule has 146 valence electrons. The van der Waals surface area contributed by atoms with Gasteiger partial charge in [0.2, 0.25) is 0 Å². The van der Waals surface area contributed by atoms with Crippen molar-refractivity contribution in [2.75, 3.05) is 6.61 Å². The second-order valence-electron chi connectivity index (χ2n) is 6.79. The SMILES string of the molecule is Cc1ccc(S[C@@H]2O[C@@H]3COC(c4ccccc4)OC3[C@H](F)[C@H]2N=[N+]=[N-])cc1. The summed E-state index contributed by atoms with van der Waals surface area (Å²) in [5.41, 5.74) is 10.2. The Hall–Kier alpha value is -2.09. The van der Waals surface area contributed by atoms with Crippen LogP contribution in [0.2, 0.25) is 0 Å². The van der Waals surface area contributed by atoms with Crippen molar-refractivity contribution in [1.29, 1.82) is 0 Å². The molecule has 2 heterocycles. The monoisotopic (exact) mass is 401 g/mol. The number of azide groups is 1. The molecule has 0 amide bonds. The van der Waals surface area contributed by atoms with Gasteiger partial charge in [-0.3, -0.25) is 0 Å². The third kappa shape index (κ3) is 4.01. The van der Waals surface area contributed by atoms with E-state index >= 15 is 4.39 Å². The molecule has 2 aliphatic rings. The van der Waals surface area contributed by atoms with Gasteiger partial charge in [-0.25, -0.2) is 4.39 Å². The predicted octanol–water partition coefficient (Wildman–Crippen LogP) is 4.94. The molecule has 0 radical (unpaired) electrons. The van der Waals surface area contributed by atoms with Gasteiger partial charge >= 0.3 is 0 Å². The summed E-state index contributed by atoms with van der Waals surface area (Å²) >= 11 is 1.34. The summed E-state index contributed by atoms with van der Waals surface area (Å²) < 4.78 is 33.0. The molecule has 4 rings (SSSR count). The Kier molecular flexibility index (Phi) is 5.85. The van der Waals surface area contributed by atoms with Crippen LogP contribution in [0, 0.1) is 6.92 Å². The number of thioether (sulfide) groups is 1. The van der Waals surface area contributed by atoms with E-state index in [1.54, 1.807) is 0 Å². The second kappa shape index (κ2) is 8.51. The fourth-order valence-corrected chi connectivity index (χ4v) is 4.46. The molecule has 8 heteroatoms. The van der Waals surface area contributed by atoms with Crippen LogP contribution < -0.4 is 0 Å². The molecule has 0 aliphatic carbocycles. The molecule has 0 aromatic heterocycles. The maximum absolute atomic E-state index is 15.3. The second-order valence-corrected chi connectivity index (χ2v) is 7.96. The van der Waals surface area contributed by atoms with Gasteiger partial charge in [0, 0.05) is 15.4 Å². The lowest BCUT2D eigenvalue weighted by molar-refractivity contribution is -0.297. The summed E-state index contributed by atoms with van der Waals surface area (Å²) in [6, 6.07) is 16.2. The van der Waals surface area contributed by atoms with E-state index < -0.39 is 36.1 Å². The molecule has 28 heavy (non-hydrogen) atoms. The number of hydrogen-bond donors (Lipinski definition) is 0. The van der Waals surface area contributed by atoms with E-state index in [-0.39, 0.29) is 6.61 Å². The molecule has 6 nitrogen and oxygen atoms in total. The zero-order valence-corrected chi connectivity index (χ0v) is 16.0. The van der Waals surface area contributed by atoms with Gasteiger partial charge < -0.3 is 14.2 Å². The lowest BCUT2D eigenvalue weighted by Crippen LogP contribution is -2.58. The molecular formula is C20H20FN3O3S. The highest BCUT2D eigenvalue weighted by atomic mass is 32.2. The molecule has 2 fully saturated rings. The number of alkyl halides is 1. The lowest BCUT2D eigenvalue weighted by atomic mass is 9.98. The van der Waals surface area contributed by atoms with Crippen molar-refractivity contribution in [2.24, 2.45) is 5.11 Å². The minimum absolute atomic E-state index is 0.207. The van der Waals surface area contributed by atoms with Crippen LogP contribution in [0.5, 0.6) is 0 Å². The number of fused-ring (bicyclic) bond motifs is 1. The largest absolute Gasteiger partial charge is 0.358 e. The van der Waals surface area contributed by atoms with Crippen molar-refractivity contribution in [2.45, 2.75) is 48.0 Å². The van der Waals surface area contributed by atoms with Crippen molar-refractivity contribution in [3.8, 4) is 0 Å². The molecule has 2 unspecified atom stereocenters. The van der Waals surface area contributed by atoms with Crippen molar-refractivity contribution in [1.82, 2.24) is 0 Å². The zero-order valence-electron chi connectivity index (χ0n) is 15.2. The molecule has 2 saturated heterocycles. The van der Waals surface area contributed by atoms with Gasteiger partial charge in [-0.2, -0.15) is 0 Å². The molecule has 0 saturated carbocycles. The van der Waals surface area contributed by atoms with Crippen LogP contribution in [0.4, 0.5) is 4.39 Å². The van der Waals surface area contributed by atoms with Gasteiger partial charge in [-0.1, -0.05) is 64.9 Å². The average molecular weight is 401 g/mol. The first-order valence-corrected chi connectivity index (χ1v) is 9.93. The van der Waals surface area contributed by atoms with Crippen LogP contribution in [-0.4, -0.2) is 36.5 Å². The number of aryl methyl sites for hydroxylation is 1. The first-order chi connectivity index (χ1) is 13.7. The van der Waals surface area contributed by atoms with Crippen LogP contribution in [0.3, 0.4) is 0 Å². The Labute approximate surface area is 166 Å². The van der Waals surface area contributed by atoms with Gasteiger partial charge in [0.05, 0.1) is 6.61 Å². The summed E-state index contributed by atoms with van der Waals surface area (Å²) in [6.45, 7) is 2.20. The zero-order chi connectivity index (χ0) is 19.5. The molecular weight excluding hydrogens is 381 g/mol. The molecule has 0 N–H and O–H groups in total. The number of halogens is 1. The first-order valence-electron chi connectivity index (χ1n) is 9.05. The Balaban J connectivity index is 1.52. The van der Waals surface area contributed by atoms with Crippen LogP contribution in [0.25, 0.3) is 10.4 Å². The van der Waals surface area contributed by atoms with Gasteiger partial charge in [-0.05, 0) is 24.6 Å². The number of hydrogen-bond acceptors (Lipinski definition) is 5. The van der Waals surface area contributed by atoms with Crippen LogP contribution in [-0.2, 0) is 14.2 Å². The van der Waals surface area contributed by atoms with Crippen LogP contribution in [0.1, 0.15) is 17.4 Å². The summed E-state index contributed by atoms with van der Waals surface area (Å²) in [7, 11) is 0. The molecule has 2 aliphatic heterocycles. The van der Waals surface area contributed by atoms with Crippen LogP contribution >= 0.6 is 11.8 Å². The van der Waals surface area contributed by atoms with E-state index in [0.717, 1.165) is 16.0 Å². The highest BCUT2D eigenvalue weighted by molar-refractivity contribution is 7.99. The molecule has 0 bridgehead atoms. The molecule has 2 aromatic rings. The lowest BCUT2D eigenvalue weighted by Gasteiger charge is -2.45. The predicted molar refractivity (Wildman–Crippen MR) is 104 cm³/mol. The quantitative estimate of drug-likeness (QED) is 0.413. The number of ether oxygens (including phenoxy) is 3. The molecule has 0 spiro atoms. The first kappa shape index (κ1) is 19.2. The van der Waals surface area contributed by atoms with E-state index in [2.05, 4.69) is 10.0 Å². The van der Waals surface area contributed by atoms with E-state index in [1.807, 2.05) is 61.5 Å². The van der Waals surface area contributed by atoms with Gasteiger partial charge in [0.1, 0.15) is 29.9 Å². The Morgan fingerprint density at radius 3 is 2.57 bits per heavy atom. The van der Waals surface area contributed by atoms with Crippen molar-refractivity contribution in [3.05, 3.63) is 76.2 Å². The average Bonchev–Trinajstić information content (AvgIpc) is 2.73. The van der Waals surface area contributed by atoms with E-state index in [9.17, 15) is 0 Å². The highest BCUT2D eigenvalue weighted by Gasteiger charge is 2.50. The van der Waals surface area contributed by atoms with Gasteiger partial charge in [0.25, 0.3) is 0 Å². The summed E-state index contributed by atoms with van der Waals surface area (Å²) in [6.07, 6.45) is -3.59. The molecule has 2 aromatic carbocycles. The topological polar surface area (TPSA) is 76.5 Å². The summed E-state index contributed by atoms with van der Waals surface area (Å²) in [4.78, 5) is 3.75. The molecule has 6 atom stereocenters. The minimum Gasteiger partial charge on any atom is -0.358 e. The maximum Gasteiger partial charge on any atom is 0.184 e. The van der Waals surface area contributed by atoms with E-state index in [1.165, 1.54) is 11.8 Å². The highest BCUT2D eigenvalue weighted by Crippen LogP contribution is 2.41. The summed E-state index contributed by atoms with van der Waals surface area (Å²) in [5.74, 6) is 0. The van der Waals surface area contributed by atoms with Gasteiger partial charge in [-0.15, -0.1) is 0 Å².